The lowest BCUT2D eigenvalue weighted by Crippen LogP contribution is -1.97. The molecule has 0 aromatic heterocycles. The second kappa shape index (κ2) is 4.15. The number of anilines is 1. The van der Waals surface area contributed by atoms with Gasteiger partial charge in [-0.25, -0.2) is 0 Å². The minimum absolute atomic E-state index is 0.772. The second-order valence-electron chi connectivity index (χ2n) is 3.46. The molecule has 0 saturated heterocycles. The number of nitrogen functional groups attached to an aromatic ring is 1. The van der Waals surface area contributed by atoms with Gasteiger partial charge in [0.15, 0.2) is 0 Å². The van der Waals surface area contributed by atoms with Gasteiger partial charge in [-0.3, -0.25) is 0 Å². The van der Waals surface area contributed by atoms with E-state index < -0.39 is 0 Å². The van der Waals surface area contributed by atoms with E-state index in [1.165, 1.54) is 12.0 Å². The van der Waals surface area contributed by atoms with Crippen molar-refractivity contribution in [2.24, 2.45) is 5.92 Å². The molecule has 1 atom stereocenters. The van der Waals surface area contributed by atoms with Crippen LogP contribution in [0.4, 0.5) is 5.69 Å². The maximum atomic E-state index is 5.59. The fourth-order valence-electron chi connectivity index (χ4n) is 1.20. The molecule has 2 N–H and O–H groups in total. The average molecular weight is 163 g/mol. The van der Waals surface area contributed by atoms with E-state index in [9.17, 15) is 0 Å². The SMILES string of the molecule is CC[C@@H](C)Cc1ccc(N)cc1. The smallest absolute Gasteiger partial charge is 0.0314 e. The summed E-state index contributed by atoms with van der Waals surface area (Å²) in [5.74, 6) is 0.772. The minimum atomic E-state index is 0.772. The molecule has 0 unspecified atom stereocenters. The third kappa shape index (κ3) is 2.57. The highest BCUT2D eigenvalue weighted by Crippen LogP contribution is 2.12. The molecule has 0 bridgehead atoms. The molecular weight excluding hydrogens is 146 g/mol. The molecule has 0 aliphatic heterocycles. The van der Waals surface area contributed by atoms with Crippen LogP contribution in [0.5, 0.6) is 0 Å². The van der Waals surface area contributed by atoms with Crippen LogP contribution in [-0.2, 0) is 6.42 Å². The summed E-state index contributed by atoms with van der Waals surface area (Å²) in [6, 6.07) is 8.17. The van der Waals surface area contributed by atoms with Gasteiger partial charge in [0.1, 0.15) is 0 Å². The van der Waals surface area contributed by atoms with Gasteiger partial charge in [-0.05, 0) is 30.0 Å². The van der Waals surface area contributed by atoms with Gasteiger partial charge < -0.3 is 5.73 Å². The number of rotatable bonds is 3. The summed E-state index contributed by atoms with van der Waals surface area (Å²) in [4.78, 5) is 0. The average Bonchev–Trinajstić information content (AvgIpc) is 2.09. The monoisotopic (exact) mass is 163 g/mol. The lowest BCUT2D eigenvalue weighted by atomic mass is 9.99. The first-order chi connectivity index (χ1) is 5.72. The summed E-state index contributed by atoms with van der Waals surface area (Å²) in [6.45, 7) is 4.50. The van der Waals surface area contributed by atoms with E-state index in [2.05, 4.69) is 26.0 Å². The second-order valence-corrected chi connectivity index (χ2v) is 3.46. The molecule has 0 heterocycles. The Morgan fingerprint density at radius 3 is 2.33 bits per heavy atom. The van der Waals surface area contributed by atoms with Gasteiger partial charge in [0.2, 0.25) is 0 Å². The Morgan fingerprint density at radius 2 is 1.83 bits per heavy atom. The summed E-state index contributed by atoms with van der Waals surface area (Å²) in [7, 11) is 0. The normalized spacial score (nSPS) is 12.8. The molecule has 1 rings (SSSR count). The summed E-state index contributed by atoms with van der Waals surface area (Å²) in [5, 5.41) is 0. The quantitative estimate of drug-likeness (QED) is 0.681. The Morgan fingerprint density at radius 1 is 1.25 bits per heavy atom. The molecule has 0 saturated carbocycles. The van der Waals surface area contributed by atoms with Crippen molar-refractivity contribution in [1.29, 1.82) is 0 Å². The van der Waals surface area contributed by atoms with Gasteiger partial charge in [-0.15, -0.1) is 0 Å². The van der Waals surface area contributed by atoms with Gasteiger partial charge in [0.25, 0.3) is 0 Å². The van der Waals surface area contributed by atoms with Crippen LogP contribution in [0.25, 0.3) is 0 Å². The molecule has 0 aliphatic rings. The number of hydrogen-bond donors (Lipinski definition) is 1. The van der Waals surface area contributed by atoms with Crippen molar-refractivity contribution < 1.29 is 0 Å². The van der Waals surface area contributed by atoms with Crippen LogP contribution in [-0.4, -0.2) is 0 Å². The zero-order chi connectivity index (χ0) is 8.97. The topological polar surface area (TPSA) is 26.0 Å². The maximum absolute atomic E-state index is 5.59. The zero-order valence-electron chi connectivity index (χ0n) is 7.88. The molecule has 1 nitrogen and oxygen atoms in total. The first kappa shape index (κ1) is 9.11. The highest BCUT2D eigenvalue weighted by atomic mass is 14.5. The highest BCUT2D eigenvalue weighted by molar-refractivity contribution is 5.39. The molecule has 0 fully saturated rings. The van der Waals surface area contributed by atoms with Gasteiger partial charge in [0, 0.05) is 5.69 Å². The molecule has 12 heavy (non-hydrogen) atoms. The molecule has 0 spiro atoms. The molecule has 1 heteroatoms. The summed E-state index contributed by atoms with van der Waals surface area (Å²) in [5.41, 5.74) is 7.83. The summed E-state index contributed by atoms with van der Waals surface area (Å²) >= 11 is 0. The first-order valence-electron chi connectivity index (χ1n) is 4.56. The lowest BCUT2D eigenvalue weighted by molar-refractivity contribution is 0.560. The van der Waals surface area contributed by atoms with E-state index >= 15 is 0 Å². The Balaban J connectivity index is 2.58. The van der Waals surface area contributed by atoms with Crippen molar-refractivity contribution >= 4 is 5.69 Å². The number of nitrogens with two attached hydrogens (primary N) is 1. The Kier molecular flexibility index (Phi) is 3.15. The minimum Gasteiger partial charge on any atom is -0.399 e. The van der Waals surface area contributed by atoms with E-state index in [1.807, 2.05) is 12.1 Å². The van der Waals surface area contributed by atoms with Crippen molar-refractivity contribution in [2.75, 3.05) is 5.73 Å². The molecule has 1 aromatic rings. The van der Waals surface area contributed by atoms with Crippen LogP contribution in [0.3, 0.4) is 0 Å². The van der Waals surface area contributed by atoms with E-state index in [0.717, 1.165) is 18.0 Å². The molecule has 0 amide bonds. The highest BCUT2D eigenvalue weighted by Gasteiger charge is 1.99. The van der Waals surface area contributed by atoms with Crippen LogP contribution < -0.4 is 5.73 Å². The van der Waals surface area contributed by atoms with E-state index in [0.29, 0.717) is 0 Å². The van der Waals surface area contributed by atoms with Crippen LogP contribution in [0.2, 0.25) is 0 Å². The summed E-state index contributed by atoms with van der Waals surface area (Å²) < 4.78 is 0. The van der Waals surface area contributed by atoms with Gasteiger partial charge >= 0.3 is 0 Å². The molecule has 0 radical (unpaired) electrons. The lowest BCUT2D eigenvalue weighted by Gasteiger charge is -2.07. The fraction of sp³-hybridized carbons (Fsp3) is 0.455. The number of hydrogen-bond acceptors (Lipinski definition) is 1. The van der Waals surface area contributed by atoms with Crippen LogP contribution in [0.1, 0.15) is 25.8 Å². The van der Waals surface area contributed by atoms with Gasteiger partial charge in [-0.2, -0.15) is 0 Å². The maximum Gasteiger partial charge on any atom is 0.0314 e. The Labute approximate surface area is 74.6 Å². The molecule has 0 aliphatic carbocycles. The standard InChI is InChI=1S/C11H17N/c1-3-9(2)8-10-4-6-11(12)7-5-10/h4-7,9H,3,8,12H2,1-2H3/t9-/m1/s1. The molecule has 66 valence electrons. The van der Waals surface area contributed by atoms with Crippen molar-refractivity contribution in [3.05, 3.63) is 29.8 Å². The Bertz CT molecular complexity index is 225. The third-order valence-electron chi connectivity index (χ3n) is 2.26. The van der Waals surface area contributed by atoms with Crippen molar-refractivity contribution in [1.82, 2.24) is 0 Å². The van der Waals surface area contributed by atoms with Crippen molar-refractivity contribution in [3.63, 3.8) is 0 Å². The first-order valence-corrected chi connectivity index (χ1v) is 4.56. The molecular formula is C11H17N. The largest absolute Gasteiger partial charge is 0.399 e. The van der Waals surface area contributed by atoms with Gasteiger partial charge in [0.05, 0.1) is 0 Å². The van der Waals surface area contributed by atoms with Crippen molar-refractivity contribution in [3.8, 4) is 0 Å². The predicted molar refractivity (Wildman–Crippen MR) is 54.0 cm³/mol. The van der Waals surface area contributed by atoms with Crippen LogP contribution in [0.15, 0.2) is 24.3 Å². The summed E-state index contributed by atoms with van der Waals surface area (Å²) in [6.07, 6.45) is 2.40. The zero-order valence-corrected chi connectivity index (χ0v) is 7.88. The molecule has 1 aromatic carbocycles. The fourth-order valence-corrected chi connectivity index (χ4v) is 1.20. The van der Waals surface area contributed by atoms with E-state index in [-0.39, 0.29) is 0 Å². The predicted octanol–water partition coefficient (Wildman–Crippen LogP) is 2.86. The van der Waals surface area contributed by atoms with Crippen molar-refractivity contribution in [2.45, 2.75) is 26.7 Å². The Hall–Kier alpha value is -0.980. The third-order valence-corrected chi connectivity index (χ3v) is 2.26. The number of benzene rings is 1. The van der Waals surface area contributed by atoms with Crippen LogP contribution in [0, 0.1) is 5.92 Å². The van der Waals surface area contributed by atoms with Crippen LogP contribution >= 0.6 is 0 Å². The van der Waals surface area contributed by atoms with Gasteiger partial charge in [-0.1, -0.05) is 32.4 Å². The van der Waals surface area contributed by atoms with E-state index in [1.54, 1.807) is 0 Å². The van der Waals surface area contributed by atoms with E-state index in [4.69, 9.17) is 5.73 Å².